The van der Waals surface area contributed by atoms with Crippen LogP contribution in [0, 0.1) is 0 Å². The maximum absolute atomic E-state index is 5.63. The number of benzene rings is 2. The van der Waals surface area contributed by atoms with Crippen LogP contribution in [-0.4, -0.2) is 29.7 Å². The van der Waals surface area contributed by atoms with Gasteiger partial charge in [0, 0.05) is 35.0 Å². The molecular weight excluding hydrogens is 378 g/mol. The van der Waals surface area contributed by atoms with Gasteiger partial charge in [-0.1, -0.05) is 40.2 Å². The predicted octanol–water partition coefficient (Wildman–Crippen LogP) is 4.55. The van der Waals surface area contributed by atoms with Crippen molar-refractivity contribution >= 4 is 32.7 Å². The quantitative estimate of drug-likeness (QED) is 0.701. The number of aromatic nitrogens is 2. The van der Waals surface area contributed by atoms with Crippen molar-refractivity contribution in [2.75, 3.05) is 25.1 Å². The normalized spacial score (nSPS) is 16.7. The average molecular weight is 398 g/mol. The number of hydrogen-bond acceptors (Lipinski definition) is 4. The van der Waals surface area contributed by atoms with E-state index >= 15 is 0 Å². The minimum absolute atomic E-state index is 0.0497. The highest BCUT2D eigenvalue weighted by molar-refractivity contribution is 9.10. The standard InChI is InChI=1S/C20H20BrN3O/c21-16-5-3-4-15(12-16)20(8-10-25-11-9-20)13-22-19-17-6-1-2-7-18(17)23-14-24-19/h1-7,12,14H,8-11,13H2,(H,22,23,24). The summed E-state index contributed by atoms with van der Waals surface area (Å²) < 4.78 is 6.75. The summed E-state index contributed by atoms with van der Waals surface area (Å²) >= 11 is 3.61. The fraction of sp³-hybridized carbons (Fsp3) is 0.300. The zero-order valence-electron chi connectivity index (χ0n) is 13.9. The summed E-state index contributed by atoms with van der Waals surface area (Å²) in [5.41, 5.74) is 2.35. The number of nitrogens with one attached hydrogen (secondary N) is 1. The third kappa shape index (κ3) is 3.39. The van der Waals surface area contributed by atoms with Gasteiger partial charge in [-0.2, -0.15) is 0 Å². The summed E-state index contributed by atoms with van der Waals surface area (Å²) in [6.45, 7) is 2.41. The molecule has 4 rings (SSSR count). The number of fused-ring (bicyclic) bond motifs is 1. The van der Waals surface area contributed by atoms with Crippen molar-refractivity contribution in [3.63, 3.8) is 0 Å². The molecule has 1 aromatic heterocycles. The summed E-state index contributed by atoms with van der Waals surface area (Å²) in [5.74, 6) is 0.895. The van der Waals surface area contributed by atoms with Crippen LogP contribution in [0.2, 0.25) is 0 Å². The first-order valence-corrected chi connectivity index (χ1v) is 9.34. The number of ether oxygens (including phenoxy) is 1. The molecule has 128 valence electrons. The zero-order valence-corrected chi connectivity index (χ0v) is 15.5. The van der Waals surface area contributed by atoms with E-state index in [-0.39, 0.29) is 5.41 Å². The van der Waals surface area contributed by atoms with Crippen LogP contribution < -0.4 is 5.32 Å². The van der Waals surface area contributed by atoms with Crippen LogP contribution in [-0.2, 0) is 10.2 Å². The minimum atomic E-state index is 0.0497. The molecule has 5 heteroatoms. The fourth-order valence-corrected chi connectivity index (χ4v) is 3.95. The molecule has 2 aromatic carbocycles. The number of nitrogens with zero attached hydrogens (tertiary/aromatic N) is 2. The second-order valence-corrected chi connectivity index (χ2v) is 7.41. The van der Waals surface area contributed by atoms with E-state index in [4.69, 9.17) is 4.74 Å². The molecule has 0 bridgehead atoms. The van der Waals surface area contributed by atoms with E-state index in [0.29, 0.717) is 0 Å². The van der Waals surface area contributed by atoms with E-state index in [0.717, 1.165) is 53.8 Å². The molecule has 0 aliphatic carbocycles. The van der Waals surface area contributed by atoms with E-state index < -0.39 is 0 Å². The Morgan fingerprint density at radius 1 is 1.04 bits per heavy atom. The lowest BCUT2D eigenvalue weighted by molar-refractivity contribution is 0.0543. The first kappa shape index (κ1) is 16.5. The molecular formula is C20H20BrN3O. The van der Waals surface area contributed by atoms with Crippen LogP contribution in [0.5, 0.6) is 0 Å². The predicted molar refractivity (Wildman–Crippen MR) is 104 cm³/mol. The van der Waals surface area contributed by atoms with E-state index in [2.05, 4.69) is 61.5 Å². The molecule has 0 unspecified atom stereocenters. The van der Waals surface area contributed by atoms with Crippen LogP contribution in [0.3, 0.4) is 0 Å². The maximum atomic E-state index is 5.63. The van der Waals surface area contributed by atoms with Crippen LogP contribution in [0.15, 0.2) is 59.3 Å². The third-order valence-electron chi connectivity index (χ3n) is 5.02. The van der Waals surface area contributed by atoms with Crippen LogP contribution in [0.1, 0.15) is 18.4 Å². The fourth-order valence-electron chi connectivity index (χ4n) is 3.55. The van der Waals surface area contributed by atoms with Crippen molar-refractivity contribution in [2.24, 2.45) is 0 Å². The second-order valence-electron chi connectivity index (χ2n) is 6.50. The van der Waals surface area contributed by atoms with Gasteiger partial charge in [0.1, 0.15) is 12.1 Å². The Morgan fingerprint density at radius 2 is 1.88 bits per heavy atom. The summed E-state index contributed by atoms with van der Waals surface area (Å²) in [6, 6.07) is 16.7. The van der Waals surface area contributed by atoms with Crippen molar-refractivity contribution in [3.05, 3.63) is 64.9 Å². The Balaban J connectivity index is 1.65. The van der Waals surface area contributed by atoms with Gasteiger partial charge < -0.3 is 10.1 Å². The summed E-state index contributed by atoms with van der Waals surface area (Å²) in [5, 5.41) is 4.65. The highest BCUT2D eigenvalue weighted by Gasteiger charge is 2.34. The molecule has 3 aromatic rings. The highest BCUT2D eigenvalue weighted by atomic mass is 79.9. The third-order valence-corrected chi connectivity index (χ3v) is 5.52. The van der Waals surface area contributed by atoms with Gasteiger partial charge in [0.15, 0.2) is 0 Å². The first-order chi connectivity index (χ1) is 12.3. The summed E-state index contributed by atoms with van der Waals surface area (Å²) in [6.07, 6.45) is 3.62. The van der Waals surface area contributed by atoms with Crippen molar-refractivity contribution < 1.29 is 4.74 Å². The Kier molecular flexibility index (Phi) is 4.68. The van der Waals surface area contributed by atoms with Gasteiger partial charge in [-0.15, -0.1) is 0 Å². The molecule has 1 aliphatic rings. The molecule has 25 heavy (non-hydrogen) atoms. The Hall–Kier alpha value is -1.98. The number of anilines is 1. The van der Waals surface area contributed by atoms with Crippen molar-refractivity contribution in [1.82, 2.24) is 9.97 Å². The first-order valence-electron chi connectivity index (χ1n) is 8.54. The van der Waals surface area contributed by atoms with Gasteiger partial charge in [0.2, 0.25) is 0 Å². The van der Waals surface area contributed by atoms with Crippen LogP contribution in [0.25, 0.3) is 10.9 Å². The molecule has 1 fully saturated rings. The van der Waals surface area contributed by atoms with Gasteiger partial charge in [0.25, 0.3) is 0 Å². The van der Waals surface area contributed by atoms with Crippen molar-refractivity contribution in [3.8, 4) is 0 Å². The lowest BCUT2D eigenvalue weighted by Crippen LogP contribution is -2.40. The zero-order chi connectivity index (χ0) is 17.1. The molecule has 0 saturated carbocycles. The van der Waals surface area contributed by atoms with Crippen LogP contribution >= 0.6 is 15.9 Å². The Morgan fingerprint density at radius 3 is 2.72 bits per heavy atom. The molecule has 1 saturated heterocycles. The Bertz CT molecular complexity index is 872. The van der Waals surface area contributed by atoms with Gasteiger partial charge in [-0.3, -0.25) is 0 Å². The van der Waals surface area contributed by atoms with Gasteiger partial charge >= 0.3 is 0 Å². The monoisotopic (exact) mass is 397 g/mol. The van der Waals surface area contributed by atoms with Crippen LogP contribution in [0.4, 0.5) is 5.82 Å². The molecule has 4 nitrogen and oxygen atoms in total. The topological polar surface area (TPSA) is 47.0 Å². The van der Waals surface area contributed by atoms with Gasteiger partial charge in [0.05, 0.1) is 5.52 Å². The maximum Gasteiger partial charge on any atom is 0.137 e. The van der Waals surface area contributed by atoms with Gasteiger partial charge in [-0.05, 0) is 42.7 Å². The number of halogens is 1. The lowest BCUT2D eigenvalue weighted by atomic mass is 9.74. The molecule has 0 amide bonds. The molecule has 0 spiro atoms. The molecule has 0 radical (unpaired) electrons. The SMILES string of the molecule is Brc1cccc(C2(CNc3ncnc4ccccc34)CCOCC2)c1. The second kappa shape index (κ2) is 7.10. The van der Waals surface area contributed by atoms with E-state index in [1.54, 1.807) is 6.33 Å². The number of hydrogen-bond donors (Lipinski definition) is 1. The molecule has 2 heterocycles. The number of rotatable bonds is 4. The largest absolute Gasteiger partial charge is 0.381 e. The van der Waals surface area contributed by atoms with Crippen molar-refractivity contribution in [1.29, 1.82) is 0 Å². The summed E-state index contributed by atoms with van der Waals surface area (Å²) in [4.78, 5) is 8.82. The minimum Gasteiger partial charge on any atom is -0.381 e. The lowest BCUT2D eigenvalue weighted by Gasteiger charge is -2.38. The Labute approximate surface area is 155 Å². The molecule has 1 N–H and O–H groups in total. The van der Waals surface area contributed by atoms with Crippen molar-refractivity contribution in [2.45, 2.75) is 18.3 Å². The molecule has 0 atom stereocenters. The average Bonchev–Trinajstić information content (AvgIpc) is 2.67. The van der Waals surface area contributed by atoms with E-state index in [1.807, 2.05) is 18.2 Å². The van der Waals surface area contributed by atoms with Gasteiger partial charge in [-0.25, -0.2) is 9.97 Å². The summed E-state index contributed by atoms with van der Waals surface area (Å²) in [7, 11) is 0. The highest BCUT2D eigenvalue weighted by Crippen LogP contribution is 2.36. The number of para-hydroxylation sites is 1. The smallest absolute Gasteiger partial charge is 0.137 e. The molecule has 1 aliphatic heterocycles. The van der Waals surface area contributed by atoms with E-state index in [9.17, 15) is 0 Å². The van der Waals surface area contributed by atoms with E-state index in [1.165, 1.54) is 5.56 Å².